The molecule has 3 atom stereocenters. The Balaban J connectivity index is 0.839. The smallest absolute Gasteiger partial charge is 0.414 e. The average Bonchev–Trinajstić information content (AvgIpc) is 3.70. The summed E-state index contributed by atoms with van der Waals surface area (Å²) < 4.78 is 14.0. The first-order valence-corrected chi connectivity index (χ1v) is 23.5. The van der Waals surface area contributed by atoms with Crippen molar-refractivity contribution in [2.75, 3.05) is 43.1 Å². The molecule has 344 valence electrons. The third-order valence-electron chi connectivity index (χ3n) is 14.7. The molecule has 4 aliphatic rings. The third kappa shape index (κ3) is 8.20. The van der Waals surface area contributed by atoms with Gasteiger partial charge in [0.1, 0.15) is 23.7 Å². The van der Waals surface area contributed by atoms with Crippen LogP contribution in [0.1, 0.15) is 106 Å². The number of aromatic nitrogens is 4. The number of amides is 3. The molecule has 1 saturated heterocycles. The predicted molar refractivity (Wildman–Crippen MR) is 253 cm³/mol. The Labute approximate surface area is 391 Å². The Morgan fingerprint density at radius 2 is 1.67 bits per heavy atom. The number of nitrogens with zero attached hydrogens (tertiary/aromatic N) is 8. The topological polar surface area (TPSA) is 159 Å². The van der Waals surface area contributed by atoms with Crippen LogP contribution in [-0.4, -0.2) is 93.8 Å². The number of nitrogens with one attached hydrogen (secondary N) is 1. The van der Waals surface area contributed by atoms with Gasteiger partial charge in [0.15, 0.2) is 0 Å². The van der Waals surface area contributed by atoms with Gasteiger partial charge in [0, 0.05) is 91.5 Å². The van der Waals surface area contributed by atoms with Crippen LogP contribution in [0.5, 0.6) is 5.75 Å². The zero-order valence-corrected chi connectivity index (χ0v) is 39.3. The lowest BCUT2D eigenvalue weighted by Gasteiger charge is -2.63. The van der Waals surface area contributed by atoms with Crippen molar-refractivity contribution in [3.05, 3.63) is 106 Å². The van der Waals surface area contributed by atoms with Crippen LogP contribution in [-0.2, 0) is 22.4 Å². The highest BCUT2D eigenvalue weighted by Crippen LogP contribution is 2.55. The zero-order valence-electron chi connectivity index (χ0n) is 38.6. The standard InChI is InChI=1S/C51H58ClN9O5/c1-31-15-18-38-40(60(31)49(64)65-6)19-20-41-43(38)56-42(25-32-11-8-7-9-12-32)61(41)36-14-10-13-33(26-36)45(63)58-21-23-59(24-22-58)48-54-29-35(30-55-48)44(62)57-46-50(2,3)47(51(46,4)5)66-37-17-16-34(28-53)39(52)27-37/h7-9,11-12,16-17,19-20,27,29-31,33,36,46-47H,10,13-15,18,21-26H2,1-6H3,(H,57,62)/t31-,33+,36+,46?,47?/m0/s1. The van der Waals surface area contributed by atoms with Crippen molar-refractivity contribution in [1.29, 1.82) is 5.26 Å². The lowest BCUT2D eigenvalue weighted by atomic mass is 9.49. The van der Waals surface area contributed by atoms with Crippen molar-refractivity contribution < 1.29 is 23.9 Å². The molecule has 1 N–H and O–H groups in total. The predicted octanol–water partition coefficient (Wildman–Crippen LogP) is 8.54. The van der Waals surface area contributed by atoms with Gasteiger partial charge < -0.3 is 29.2 Å². The number of hydrogen-bond acceptors (Lipinski definition) is 10. The van der Waals surface area contributed by atoms with Crippen LogP contribution in [0.4, 0.5) is 16.4 Å². The van der Waals surface area contributed by atoms with Crippen LogP contribution >= 0.6 is 11.6 Å². The number of benzene rings is 3. The summed E-state index contributed by atoms with van der Waals surface area (Å²) in [7, 11) is 1.43. The minimum Gasteiger partial charge on any atom is -0.489 e. The van der Waals surface area contributed by atoms with E-state index in [1.807, 2.05) is 17.0 Å². The number of imidazole rings is 1. The van der Waals surface area contributed by atoms with Crippen LogP contribution < -0.4 is 19.9 Å². The molecule has 9 rings (SSSR count). The molecule has 0 spiro atoms. The number of fused-ring (bicyclic) bond motifs is 3. The Morgan fingerprint density at radius 3 is 2.35 bits per heavy atom. The number of aryl methyl sites for hydroxylation is 1. The van der Waals surface area contributed by atoms with Gasteiger partial charge in [0.2, 0.25) is 11.9 Å². The molecule has 2 aliphatic carbocycles. The molecule has 66 heavy (non-hydrogen) atoms. The van der Waals surface area contributed by atoms with Crippen LogP contribution in [0.25, 0.3) is 11.0 Å². The fourth-order valence-electron chi connectivity index (χ4n) is 11.6. The fourth-order valence-corrected chi connectivity index (χ4v) is 11.8. The second-order valence-corrected chi connectivity index (χ2v) is 20.0. The first-order chi connectivity index (χ1) is 31.7. The van der Waals surface area contributed by atoms with Crippen molar-refractivity contribution in [3.63, 3.8) is 0 Å². The maximum absolute atomic E-state index is 14.3. The molecule has 0 bridgehead atoms. The number of rotatable bonds is 9. The fraction of sp³-hybridized carbons (Fsp3) is 0.471. The quantitative estimate of drug-likeness (QED) is 0.152. The summed E-state index contributed by atoms with van der Waals surface area (Å²) in [6, 6.07) is 21.6. The van der Waals surface area contributed by atoms with Crippen molar-refractivity contribution in [2.24, 2.45) is 16.7 Å². The number of carbonyl (C=O) groups is 3. The average molecular weight is 913 g/mol. The molecular formula is C51H58ClN9O5. The maximum Gasteiger partial charge on any atom is 0.414 e. The number of methoxy groups -OCH3 is 1. The molecule has 4 heterocycles. The largest absolute Gasteiger partial charge is 0.489 e. The summed E-state index contributed by atoms with van der Waals surface area (Å²) in [6.45, 7) is 12.6. The molecular weight excluding hydrogens is 854 g/mol. The van der Waals surface area contributed by atoms with E-state index in [1.165, 1.54) is 12.7 Å². The molecule has 2 saturated carbocycles. The Hall–Kier alpha value is -6.20. The normalized spacial score (nSPS) is 23.3. The summed E-state index contributed by atoms with van der Waals surface area (Å²) in [6.07, 6.45) is 8.33. The second kappa shape index (κ2) is 17.9. The van der Waals surface area contributed by atoms with E-state index >= 15 is 0 Å². The minimum absolute atomic E-state index is 0.0194. The highest BCUT2D eigenvalue weighted by Gasteiger charge is 2.64. The minimum atomic E-state index is -0.412. The van der Waals surface area contributed by atoms with Gasteiger partial charge in [-0.2, -0.15) is 5.26 Å². The molecule has 5 aromatic rings. The molecule has 0 unspecified atom stereocenters. The lowest BCUT2D eigenvalue weighted by molar-refractivity contribution is -0.164. The summed E-state index contributed by atoms with van der Waals surface area (Å²) >= 11 is 6.27. The number of carbonyl (C=O) groups excluding carboxylic acids is 3. The van der Waals surface area contributed by atoms with Gasteiger partial charge in [0.05, 0.1) is 40.0 Å². The summed E-state index contributed by atoms with van der Waals surface area (Å²) in [5.41, 5.74) is 5.01. The van der Waals surface area contributed by atoms with Gasteiger partial charge in [-0.1, -0.05) is 76.0 Å². The SMILES string of the molecule is COC(=O)N1c2ccc3c(nc(Cc4ccccc4)n3[C@@H]3CCC[C@@H](C(=O)N4CCN(c5ncc(C(=O)NC6C(C)(C)C(Oc7ccc(C#N)c(Cl)c7)C6(C)C)cn5)CC4)C3)c2CC[C@@H]1C. The molecule has 2 aliphatic heterocycles. The number of nitriles is 1. The van der Waals surface area contributed by atoms with Crippen LogP contribution in [0.3, 0.4) is 0 Å². The van der Waals surface area contributed by atoms with Gasteiger partial charge >= 0.3 is 6.09 Å². The Bertz CT molecular complexity index is 2670. The van der Waals surface area contributed by atoms with E-state index in [0.717, 1.165) is 66.6 Å². The van der Waals surface area contributed by atoms with Crippen molar-refractivity contribution >= 4 is 52.2 Å². The number of piperazine rings is 1. The van der Waals surface area contributed by atoms with Gasteiger partial charge in [-0.15, -0.1) is 0 Å². The summed E-state index contributed by atoms with van der Waals surface area (Å²) in [4.78, 5) is 61.2. The number of anilines is 2. The van der Waals surface area contributed by atoms with Gasteiger partial charge in [0.25, 0.3) is 5.91 Å². The van der Waals surface area contributed by atoms with Crippen LogP contribution in [0.2, 0.25) is 5.02 Å². The molecule has 3 aromatic carbocycles. The summed E-state index contributed by atoms with van der Waals surface area (Å²) in [5.74, 6) is 1.90. The molecule has 3 fully saturated rings. The van der Waals surface area contributed by atoms with E-state index in [1.54, 1.807) is 35.5 Å². The highest BCUT2D eigenvalue weighted by molar-refractivity contribution is 6.31. The van der Waals surface area contributed by atoms with Crippen molar-refractivity contribution in [1.82, 2.24) is 29.7 Å². The van der Waals surface area contributed by atoms with E-state index in [2.05, 4.69) is 95.8 Å². The molecule has 0 radical (unpaired) electrons. The van der Waals surface area contributed by atoms with Crippen molar-refractivity contribution in [2.45, 2.75) is 104 Å². The molecule has 14 nitrogen and oxygen atoms in total. The number of halogens is 1. The summed E-state index contributed by atoms with van der Waals surface area (Å²) in [5, 5.41) is 12.8. The van der Waals surface area contributed by atoms with Crippen molar-refractivity contribution in [3.8, 4) is 11.8 Å². The molecule has 3 amide bonds. The van der Waals surface area contributed by atoms with E-state index in [9.17, 15) is 19.6 Å². The van der Waals surface area contributed by atoms with Gasteiger partial charge in [-0.25, -0.2) is 19.7 Å². The lowest BCUT2D eigenvalue weighted by Crippen LogP contribution is -2.74. The Kier molecular flexibility index (Phi) is 12.2. The first kappa shape index (κ1) is 45.0. The van der Waals surface area contributed by atoms with Crippen LogP contribution in [0, 0.1) is 28.1 Å². The van der Waals surface area contributed by atoms with E-state index in [-0.39, 0.29) is 48.1 Å². The molecule has 15 heteroatoms. The van der Waals surface area contributed by atoms with E-state index < -0.39 is 10.8 Å². The third-order valence-corrected chi connectivity index (χ3v) is 15.0. The first-order valence-electron chi connectivity index (χ1n) is 23.2. The van der Waals surface area contributed by atoms with E-state index in [4.69, 9.17) is 26.1 Å². The second-order valence-electron chi connectivity index (χ2n) is 19.6. The highest BCUT2D eigenvalue weighted by atomic mass is 35.5. The number of hydrogen-bond donors (Lipinski definition) is 1. The zero-order chi connectivity index (χ0) is 46.5. The van der Waals surface area contributed by atoms with Gasteiger partial charge in [-0.05, 0) is 68.9 Å². The van der Waals surface area contributed by atoms with Crippen LogP contribution in [0.15, 0.2) is 73.1 Å². The maximum atomic E-state index is 14.3. The molecule has 2 aromatic heterocycles. The Morgan fingerprint density at radius 1 is 0.939 bits per heavy atom. The monoisotopic (exact) mass is 911 g/mol. The van der Waals surface area contributed by atoms with E-state index in [0.29, 0.717) is 60.4 Å². The number of ether oxygens (including phenoxy) is 2. The van der Waals surface area contributed by atoms with Gasteiger partial charge in [-0.3, -0.25) is 14.5 Å².